The molecule has 3 nitrogen and oxygen atoms in total. The van der Waals surface area contributed by atoms with Crippen LogP contribution in [0, 0.1) is 11.7 Å². The SMILES string of the molecule is CC1CCN(C(=O)C(C)(C)Oc2ccc(F)cc2)C1. The fourth-order valence-corrected chi connectivity index (χ4v) is 2.34. The standard InChI is InChI=1S/C15H20FNO2/c1-11-8-9-17(10-11)14(18)15(2,3)19-13-6-4-12(16)5-7-13/h4-7,11H,8-10H2,1-3H3. The summed E-state index contributed by atoms with van der Waals surface area (Å²) in [4.78, 5) is 14.3. The van der Waals surface area contributed by atoms with E-state index in [4.69, 9.17) is 4.74 Å². The predicted octanol–water partition coefficient (Wildman–Crippen LogP) is 2.85. The van der Waals surface area contributed by atoms with E-state index in [2.05, 4.69) is 6.92 Å². The Morgan fingerprint density at radius 3 is 2.53 bits per heavy atom. The maximum absolute atomic E-state index is 12.8. The van der Waals surface area contributed by atoms with Crippen LogP contribution in [-0.2, 0) is 4.79 Å². The van der Waals surface area contributed by atoms with E-state index in [0.29, 0.717) is 11.7 Å². The molecular formula is C15H20FNO2. The van der Waals surface area contributed by atoms with Crippen molar-refractivity contribution in [1.29, 1.82) is 0 Å². The van der Waals surface area contributed by atoms with Gasteiger partial charge >= 0.3 is 0 Å². The molecule has 0 spiro atoms. The number of likely N-dealkylation sites (tertiary alicyclic amines) is 1. The summed E-state index contributed by atoms with van der Waals surface area (Å²) in [5.74, 6) is 0.726. The van der Waals surface area contributed by atoms with Crippen LogP contribution in [-0.4, -0.2) is 29.5 Å². The summed E-state index contributed by atoms with van der Waals surface area (Å²) in [6, 6.07) is 5.73. The van der Waals surface area contributed by atoms with E-state index in [9.17, 15) is 9.18 Å². The van der Waals surface area contributed by atoms with Gasteiger partial charge in [0, 0.05) is 13.1 Å². The number of hydrogen-bond acceptors (Lipinski definition) is 2. The van der Waals surface area contributed by atoms with Crippen molar-refractivity contribution < 1.29 is 13.9 Å². The van der Waals surface area contributed by atoms with Crippen molar-refractivity contribution >= 4 is 5.91 Å². The topological polar surface area (TPSA) is 29.5 Å². The second-order valence-corrected chi connectivity index (χ2v) is 5.71. The Labute approximate surface area is 113 Å². The fraction of sp³-hybridized carbons (Fsp3) is 0.533. The summed E-state index contributed by atoms with van der Waals surface area (Å²) in [6.07, 6.45) is 1.04. The molecule has 1 fully saturated rings. The highest BCUT2D eigenvalue weighted by Crippen LogP contribution is 2.24. The molecule has 1 aromatic rings. The molecule has 0 bridgehead atoms. The lowest BCUT2D eigenvalue weighted by atomic mass is 10.1. The Kier molecular flexibility index (Phi) is 3.78. The number of amides is 1. The monoisotopic (exact) mass is 265 g/mol. The van der Waals surface area contributed by atoms with E-state index in [1.54, 1.807) is 13.8 Å². The fourth-order valence-electron chi connectivity index (χ4n) is 2.34. The van der Waals surface area contributed by atoms with Crippen molar-refractivity contribution in [3.8, 4) is 5.75 Å². The zero-order chi connectivity index (χ0) is 14.0. The molecule has 19 heavy (non-hydrogen) atoms. The third-order valence-corrected chi connectivity index (χ3v) is 3.41. The summed E-state index contributed by atoms with van der Waals surface area (Å²) in [6.45, 7) is 7.22. The van der Waals surface area contributed by atoms with Gasteiger partial charge in [-0.3, -0.25) is 4.79 Å². The molecule has 1 atom stereocenters. The number of halogens is 1. The van der Waals surface area contributed by atoms with E-state index < -0.39 is 5.60 Å². The summed E-state index contributed by atoms with van der Waals surface area (Å²) in [7, 11) is 0. The van der Waals surface area contributed by atoms with Crippen LogP contribution < -0.4 is 4.74 Å². The van der Waals surface area contributed by atoms with E-state index in [0.717, 1.165) is 19.5 Å². The van der Waals surface area contributed by atoms with Crippen LogP contribution in [0.15, 0.2) is 24.3 Å². The Balaban J connectivity index is 2.05. The molecule has 1 heterocycles. The predicted molar refractivity (Wildman–Crippen MR) is 71.5 cm³/mol. The van der Waals surface area contributed by atoms with Gasteiger partial charge < -0.3 is 9.64 Å². The van der Waals surface area contributed by atoms with Crippen LogP contribution in [0.4, 0.5) is 4.39 Å². The van der Waals surface area contributed by atoms with Crippen LogP contribution in [0.3, 0.4) is 0 Å². The normalized spacial score (nSPS) is 19.6. The van der Waals surface area contributed by atoms with Crippen LogP contribution in [0.5, 0.6) is 5.75 Å². The maximum Gasteiger partial charge on any atom is 0.266 e. The molecule has 1 unspecified atom stereocenters. The lowest BCUT2D eigenvalue weighted by Gasteiger charge is -2.30. The first-order chi connectivity index (χ1) is 8.88. The van der Waals surface area contributed by atoms with Crippen LogP contribution in [0.25, 0.3) is 0 Å². The molecule has 0 saturated carbocycles. The molecule has 1 aliphatic heterocycles. The number of nitrogens with zero attached hydrogens (tertiary/aromatic N) is 1. The quantitative estimate of drug-likeness (QED) is 0.841. The molecule has 4 heteroatoms. The van der Waals surface area contributed by atoms with Gasteiger partial charge in [-0.2, -0.15) is 0 Å². The van der Waals surface area contributed by atoms with Gasteiger partial charge in [0.15, 0.2) is 5.60 Å². The molecule has 0 N–H and O–H groups in total. The molecular weight excluding hydrogens is 245 g/mol. The van der Waals surface area contributed by atoms with Crippen molar-refractivity contribution in [2.75, 3.05) is 13.1 Å². The van der Waals surface area contributed by atoms with Crippen molar-refractivity contribution in [2.24, 2.45) is 5.92 Å². The molecule has 1 aromatic carbocycles. The van der Waals surface area contributed by atoms with Crippen molar-refractivity contribution in [2.45, 2.75) is 32.8 Å². The Morgan fingerprint density at radius 1 is 1.37 bits per heavy atom. The molecule has 0 aromatic heterocycles. The highest BCUT2D eigenvalue weighted by Gasteiger charge is 2.36. The van der Waals surface area contributed by atoms with Gasteiger partial charge in [-0.1, -0.05) is 6.92 Å². The smallest absolute Gasteiger partial charge is 0.266 e. The summed E-state index contributed by atoms with van der Waals surface area (Å²) >= 11 is 0. The molecule has 1 aliphatic rings. The van der Waals surface area contributed by atoms with Crippen molar-refractivity contribution in [3.05, 3.63) is 30.1 Å². The van der Waals surface area contributed by atoms with Gasteiger partial charge in [0.05, 0.1) is 0 Å². The summed E-state index contributed by atoms with van der Waals surface area (Å²) in [5.41, 5.74) is -0.929. The minimum Gasteiger partial charge on any atom is -0.478 e. The summed E-state index contributed by atoms with van der Waals surface area (Å²) in [5, 5.41) is 0. The average molecular weight is 265 g/mol. The van der Waals surface area contributed by atoms with Gasteiger partial charge in [0.1, 0.15) is 11.6 Å². The van der Waals surface area contributed by atoms with Gasteiger partial charge in [-0.05, 0) is 50.5 Å². The number of ether oxygens (including phenoxy) is 1. The Bertz CT molecular complexity index is 456. The van der Waals surface area contributed by atoms with Gasteiger partial charge in [-0.25, -0.2) is 4.39 Å². The first kappa shape index (κ1) is 13.8. The van der Waals surface area contributed by atoms with E-state index in [1.165, 1.54) is 24.3 Å². The molecule has 104 valence electrons. The zero-order valence-electron chi connectivity index (χ0n) is 11.6. The van der Waals surface area contributed by atoms with E-state index in [1.807, 2.05) is 4.90 Å². The number of carbonyl (C=O) groups excluding carboxylic acids is 1. The number of hydrogen-bond donors (Lipinski definition) is 0. The Hall–Kier alpha value is -1.58. The molecule has 1 amide bonds. The molecule has 0 aliphatic carbocycles. The van der Waals surface area contributed by atoms with Gasteiger partial charge in [0.2, 0.25) is 0 Å². The van der Waals surface area contributed by atoms with Crippen LogP contribution >= 0.6 is 0 Å². The van der Waals surface area contributed by atoms with Crippen LogP contribution in [0.2, 0.25) is 0 Å². The zero-order valence-corrected chi connectivity index (χ0v) is 11.6. The third kappa shape index (κ3) is 3.25. The highest BCUT2D eigenvalue weighted by molar-refractivity contribution is 5.85. The van der Waals surface area contributed by atoms with Crippen LogP contribution in [0.1, 0.15) is 27.2 Å². The minimum atomic E-state index is -0.929. The summed E-state index contributed by atoms with van der Waals surface area (Å²) < 4.78 is 18.5. The number of rotatable bonds is 3. The van der Waals surface area contributed by atoms with Gasteiger partial charge in [-0.15, -0.1) is 0 Å². The lowest BCUT2D eigenvalue weighted by Crippen LogP contribution is -2.48. The lowest BCUT2D eigenvalue weighted by molar-refractivity contribution is -0.144. The number of benzene rings is 1. The maximum atomic E-state index is 12.8. The number of carbonyl (C=O) groups is 1. The van der Waals surface area contributed by atoms with E-state index in [-0.39, 0.29) is 11.7 Å². The second kappa shape index (κ2) is 5.19. The molecule has 1 saturated heterocycles. The van der Waals surface area contributed by atoms with Crippen molar-refractivity contribution in [1.82, 2.24) is 4.90 Å². The van der Waals surface area contributed by atoms with Gasteiger partial charge in [0.25, 0.3) is 5.91 Å². The van der Waals surface area contributed by atoms with E-state index >= 15 is 0 Å². The second-order valence-electron chi connectivity index (χ2n) is 5.71. The largest absolute Gasteiger partial charge is 0.478 e. The highest BCUT2D eigenvalue weighted by atomic mass is 19.1. The Morgan fingerprint density at radius 2 is 2.00 bits per heavy atom. The first-order valence-corrected chi connectivity index (χ1v) is 6.62. The average Bonchev–Trinajstić information content (AvgIpc) is 2.77. The minimum absolute atomic E-state index is 0.0128. The molecule has 0 radical (unpaired) electrons. The molecule has 2 rings (SSSR count). The first-order valence-electron chi connectivity index (χ1n) is 6.62. The van der Waals surface area contributed by atoms with Crippen molar-refractivity contribution in [3.63, 3.8) is 0 Å². The third-order valence-electron chi connectivity index (χ3n) is 3.41.